The molecule has 1 fully saturated rings. The smallest absolute Gasteiger partial charge is 0.293 e. The van der Waals surface area contributed by atoms with E-state index in [0.717, 1.165) is 50.9 Å². The number of fused-ring (bicyclic) bond motifs is 1. The molecule has 2 amide bonds. The highest BCUT2D eigenvalue weighted by Gasteiger charge is 2.35. The van der Waals surface area contributed by atoms with Gasteiger partial charge in [0.2, 0.25) is 0 Å². The van der Waals surface area contributed by atoms with Gasteiger partial charge in [0.1, 0.15) is 12.4 Å². The molecular formula is C28H24N2O3S. The molecule has 1 aliphatic heterocycles. The molecule has 0 N–H and O–H groups in total. The van der Waals surface area contributed by atoms with E-state index in [2.05, 4.69) is 4.57 Å². The van der Waals surface area contributed by atoms with Gasteiger partial charge in [-0.15, -0.1) is 0 Å². The van der Waals surface area contributed by atoms with Crippen LogP contribution in [0.3, 0.4) is 0 Å². The Bertz CT molecular complexity index is 1420. The summed E-state index contributed by atoms with van der Waals surface area (Å²) in [6, 6.07) is 26.0. The van der Waals surface area contributed by atoms with E-state index in [0.29, 0.717) is 4.91 Å². The second-order valence-electron chi connectivity index (χ2n) is 8.16. The lowest BCUT2D eigenvalue weighted by molar-refractivity contribution is -0.123. The second-order valence-corrected chi connectivity index (χ2v) is 9.15. The quantitative estimate of drug-likeness (QED) is 0.309. The molecule has 170 valence electrons. The molecule has 3 aromatic carbocycles. The van der Waals surface area contributed by atoms with Crippen LogP contribution in [0.25, 0.3) is 22.5 Å². The van der Waals surface area contributed by atoms with Crippen LogP contribution in [0.1, 0.15) is 17.0 Å². The maximum absolute atomic E-state index is 13.0. The number of ether oxygens (including phenoxy) is 1. The molecule has 1 aromatic heterocycles. The third kappa shape index (κ3) is 4.13. The van der Waals surface area contributed by atoms with Crippen molar-refractivity contribution >= 4 is 39.8 Å². The van der Waals surface area contributed by atoms with Crippen LogP contribution in [0.5, 0.6) is 5.75 Å². The van der Waals surface area contributed by atoms with Crippen LogP contribution in [0, 0.1) is 13.8 Å². The molecule has 0 aliphatic carbocycles. The number of rotatable bonds is 6. The SMILES string of the molecule is Cc1cc(/C=C2\SC(=O)N(CCOc3cccc4ccccc34)C2=O)c(C)n1-c1ccccc1. The monoisotopic (exact) mass is 468 g/mol. The molecule has 4 aromatic rings. The molecule has 6 heteroatoms. The molecule has 0 radical (unpaired) electrons. The number of hydrogen-bond acceptors (Lipinski definition) is 4. The zero-order valence-electron chi connectivity index (χ0n) is 19.0. The van der Waals surface area contributed by atoms with E-state index in [-0.39, 0.29) is 24.3 Å². The molecule has 5 nitrogen and oxygen atoms in total. The summed E-state index contributed by atoms with van der Waals surface area (Å²) in [4.78, 5) is 27.3. The van der Waals surface area contributed by atoms with Crippen LogP contribution in [0.15, 0.2) is 83.8 Å². The van der Waals surface area contributed by atoms with E-state index in [1.54, 1.807) is 0 Å². The van der Waals surface area contributed by atoms with Gasteiger partial charge in [-0.3, -0.25) is 14.5 Å². The number of aromatic nitrogens is 1. The van der Waals surface area contributed by atoms with Gasteiger partial charge in [-0.1, -0.05) is 54.6 Å². The van der Waals surface area contributed by atoms with E-state index >= 15 is 0 Å². The average Bonchev–Trinajstić information content (AvgIpc) is 3.28. The molecule has 1 aliphatic rings. The van der Waals surface area contributed by atoms with Gasteiger partial charge in [0.25, 0.3) is 11.1 Å². The zero-order chi connectivity index (χ0) is 23.7. The van der Waals surface area contributed by atoms with Gasteiger partial charge >= 0.3 is 0 Å². The standard InChI is InChI=1S/C28H24N2O3S/c1-19-17-22(20(2)30(19)23-11-4-3-5-12-23)18-26-27(31)29(28(32)34-26)15-16-33-25-14-8-10-21-9-6-7-13-24(21)25/h3-14,17-18H,15-16H2,1-2H3/b26-18-. The van der Waals surface area contributed by atoms with Crippen molar-refractivity contribution in [1.82, 2.24) is 9.47 Å². The first-order chi connectivity index (χ1) is 16.5. The van der Waals surface area contributed by atoms with E-state index in [9.17, 15) is 9.59 Å². The van der Waals surface area contributed by atoms with E-state index in [1.807, 2.05) is 98.8 Å². The summed E-state index contributed by atoms with van der Waals surface area (Å²) >= 11 is 0.979. The van der Waals surface area contributed by atoms with Crippen LogP contribution in [0.4, 0.5) is 4.79 Å². The number of carbonyl (C=O) groups is 2. The van der Waals surface area contributed by atoms with Crippen molar-refractivity contribution in [3.8, 4) is 11.4 Å². The fourth-order valence-corrected chi connectivity index (χ4v) is 5.17. The highest BCUT2D eigenvalue weighted by molar-refractivity contribution is 8.18. The summed E-state index contributed by atoms with van der Waals surface area (Å²) in [5.74, 6) is 0.468. The summed E-state index contributed by atoms with van der Waals surface area (Å²) in [5, 5.41) is 1.82. The Morgan fingerprint density at radius 3 is 2.47 bits per heavy atom. The summed E-state index contributed by atoms with van der Waals surface area (Å²) in [6.45, 7) is 4.50. The largest absolute Gasteiger partial charge is 0.491 e. The second kappa shape index (κ2) is 9.23. The number of aryl methyl sites for hydroxylation is 1. The molecule has 0 bridgehead atoms. The lowest BCUT2D eigenvalue weighted by Gasteiger charge is -2.14. The molecule has 0 unspecified atom stereocenters. The molecule has 1 saturated heterocycles. The van der Waals surface area contributed by atoms with Crippen molar-refractivity contribution in [3.63, 3.8) is 0 Å². The molecule has 0 atom stereocenters. The Kier molecular flexibility index (Phi) is 5.99. The van der Waals surface area contributed by atoms with E-state index < -0.39 is 0 Å². The number of para-hydroxylation sites is 1. The van der Waals surface area contributed by atoms with Crippen LogP contribution < -0.4 is 4.74 Å². The number of amides is 2. The Labute approximate surface area is 202 Å². The van der Waals surface area contributed by atoms with Crippen molar-refractivity contribution < 1.29 is 14.3 Å². The molecular weight excluding hydrogens is 444 g/mol. The molecule has 5 rings (SSSR count). The predicted molar refractivity (Wildman–Crippen MR) is 137 cm³/mol. The Hall–Kier alpha value is -3.77. The summed E-state index contributed by atoms with van der Waals surface area (Å²) in [7, 11) is 0. The molecule has 34 heavy (non-hydrogen) atoms. The van der Waals surface area contributed by atoms with Crippen LogP contribution >= 0.6 is 11.8 Å². The van der Waals surface area contributed by atoms with Gasteiger partial charge in [0, 0.05) is 22.5 Å². The van der Waals surface area contributed by atoms with Crippen LogP contribution in [0.2, 0.25) is 0 Å². The first-order valence-corrected chi connectivity index (χ1v) is 11.9. The van der Waals surface area contributed by atoms with Crippen molar-refractivity contribution in [1.29, 1.82) is 0 Å². The molecule has 0 spiro atoms. The number of imide groups is 1. The maximum Gasteiger partial charge on any atom is 0.293 e. The van der Waals surface area contributed by atoms with Gasteiger partial charge < -0.3 is 9.30 Å². The number of carbonyl (C=O) groups excluding carboxylic acids is 2. The van der Waals surface area contributed by atoms with Gasteiger partial charge in [0.05, 0.1) is 11.4 Å². The van der Waals surface area contributed by atoms with Gasteiger partial charge in [0.15, 0.2) is 0 Å². The van der Waals surface area contributed by atoms with Crippen molar-refractivity contribution in [3.05, 3.63) is 101 Å². The minimum Gasteiger partial charge on any atom is -0.491 e. The lowest BCUT2D eigenvalue weighted by Crippen LogP contribution is -2.32. The first-order valence-electron chi connectivity index (χ1n) is 11.1. The topological polar surface area (TPSA) is 51.5 Å². The minimum absolute atomic E-state index is 0.203. The van der Waals surface area contributed by atoms with Crippen molar-refractivity contribution in [2.45, 2.75) is 13.8 Å². The van der Waals surface area contributed by atoms with Crippen molar-refractivity contribution in [2.75, 3.05) is 13.2 Å². The minimum atomic E-state index is -0.277. The van der Waals surface area contributed by atoms with Gasteiger partial charge in [-0.25, -0.2) is 0 Å². The normalized spacial score (nSPS) is 15.0. The van der Waals surface area contributed by atoms with Crippen LogP contribution in [-0.4, -0.2) is 33.8 Å². The van der Waals surface area contributed by atoms with E-state index in [1.165, 1.54) is 4.90 Å². The number of nitrogens with zero attached hydrogens (tertiary/aromatic N) is 2. The summed E-state index contributed by atoms with van der Waals surface area (Å²) in [5.41, 5.74) is 4.09. The number of hydrogen-bond donors (Lipinski definition) is 0. The predicted octanol–water partition coefficient (Wildman–Crippen LogP) is 6.36. The Morgan fingerprint density at radius 1 is 0.912 bits per heavy atom. The summed E-state index contributed by atoms with van der Waals surface area (Å²) < 4.78 is 8.09. The Morgan fingerprint density at radius 2 is 1.65 bits per heavy atom. The zero-order valence-corrected chi connectivity index (χ0v) is 19.8. The fraction of sp³-hybridized carbons (Fsp3) is 0.143. The van der Waals surface area contributed by atoms with E-state index in [4.69, 9.17) is 4.74 Å². The molecule has 2 heterocycles. The third-order valence-electron chi connectivity index (χ3n) is 5.97. The number of thioether (sulfide) groups is 1. The highest BCUT2D eigenvalue weighted by atomic mass is 32.2. The lowest BCUT2D eigenvalue weighted by atomic mass is 10.1. The highest BCUT2D eigenvalue weighted by Crippen LogP contribution is 2.34. The van der Waals surface area contributed by atoms with Crippen molar-refractivity contribution in [2.24, 2.45) is 0 Å². The summed E-state index contributed by atoms with van der Waals surface area (Å²) in [6.07, 6.45) is 1.82. The average molecular weight is 469 g/mol. The number of benzene rings is 3. The van der Waals surface area contributed by atoms with Gasteiger partial charge in [-0.2, -0.15) is 0 Å². The molecule has 0 saturated carbocycles. The Balaban J connectivity index is 1.31. The third-order valence-corrected chi connectivity index (χ3v) is 6.87. The first kappa shape index (κ1) is 22.0. The fourth-order valence-electron chi connectivity index (χ4n) is 4.31. The van der Waals surface area contributed by atoms with Gasteiger partial charge in [-0.05, 0) is 66.9 Å². The van der Waals surface area contributed by atoms with Crippen LogP contribution in [-0.2, 0) is 4.79 Å². The maximum atomic E-state index is 13.0.